The third-order valence-electron chi connectivity index (χ3n) is 3.92. The molecule has 0 aliphatic heterocycles. The SMILES string of the molecule is CCC(C)c1ccccc1Oc1cc(CNC)ccc1C. The zero-order chi connectivity index (χ0) is 15.2. The fraction of sp³-hybridized carbons (Fsp3) is 0.368. The van der Waals surface area contributed by atoms with Gasteiger partial charge in [-0.3, -0.25) is 0 Å². The van der Waals surface area contributed by atoms with E-state index in [2.05, 4.69) is 62.5 Å². The van der Waals surface area contributed by atoms with E-state index < -0.39 is 0 Å². The first-order chi connectivity index (χ1) is 10.2. The van der Waals surface area contributed by atoms with E-state index in [1.165, 1.54) is 11.1 Å². The number of rotatable bonds is 6. The van der Waals surface area contributed by atoms with Gasteiger partial charge in [0.2, 0.25) is 0 Å². The first-order valence-corrected chi connectivity index (χ1v) is 7.66. The summed E-state index contributed by atoms with van der Waals surface area (Å²) in [6.45, 7) is 7.39. The topological polar surface area (TPSA) is 21.3 Å². The third-order valence-corrected chi connectivity index (χ3v) is 3.92. The molecule has 0 fully saturated rings. The first kappa shape index (κ1) is 15.6. The predicted octanol–water partition coefficient (Wildman–Crippen LogP) is 5.02. The average Bonchev–Trinajstić information content (AvgIpc) is 2.50. The summed E-state index contributed by atoms with van der Waals surface area (Å²) < 4.78 is 6.22. The van der Waals surface area contributed by atoms with Crippen LogP contribution in [0.25, 0.3) is 0 Å². The van der Waals surface area contributed by atoms with Gasteiger partial charge in [0.25, 0.3) is 0 Å². The maximum Gasteiger partial charge on any atom is 0.130 e. The molecule has 2 heteroatoms. The molecule has 1 atom stereocenters. The lowest BCUT2D eigenvalue weighted by Crippen LogP contribution is -2.05. The molecule has 0 bridgehead atoms. The Balaban J connectivity index is 2.32. The minimum absolute atomic E-state index is 0.502. The van der Waals surface area contributed by atoms with Gasteiger partial charge >= 0.3 is 0 Å². The Kier molecular flexibility index (Phi) is 5.40. The van der Waals surface area contributed by atoms with Gasteiger partial charge in [-0.25, -0.2) is 0 Å². The van der Waals surface area contributed by atoms with Crippen LogP contribution in [0, 0.1) is 6.92 Å². The van der Waals surface area contributed by atoms with Crippen molar-refractivity contribution >= 4 is 0 Å². The number of hydrogen-bond acceptors (Lipinski definition) is 2. The van der Waals surface area contributed by atoms with Gasteiger partial charge in [-0.15, -0.1) is 0 Å². The fourth-order valence-corrected chi connectivity index (χ4v) is 2.39. The molecule has 0 spiro atoms. The van der Waals surface area contributed by atoms with Crippen LogP contribution < -0.4 is 10.1 Å². The zero-order valence-corrected chi connectivity index (χ0v) is 13.4. The van der Waals surface area contributed by atoms with E-state index in [1.807, 2.05) is 13.1 Å². The summed E-state index contributed by atoms with van der Waals surface area (Å²) in [4.78, 5) is 0. The van der Waals surface area contributed by atoms with E-state index in [0.29, 0.717) is 5.92 Å². The molecular weight excluding hydrogens is 258 g/mol. The van der Waals surface area contributed by atoms with Gasteiger partial charge in [-0.05, 0) is 55.1 Å². The van der Waals surface area contributed by atoms with E-state index in [9.17, 15) is 0 Å². The molecule has 2 rings (SSSR count). The molecule has 21 heavy (non-hydrogen) atoms. The van der Waals surface area contributed by atoms with Gasteiger partial charge in [0.05, 0.1) is 0 Å². The molecule has 2 aromatic rings. The van der Waals surface area contributed by atoms with Crippen LogP contribution >= 0.6 is 0 Å². The van der Waals surface area contributed by atoms with Crippen LogP contribution in [0.3, 0.4) is 0 Å². The van der Waals surface area contributed by atoms with E-state index in [0.717, 1.165) is 30.0 Å². The van der Waals surface area contributed by atoms with Crippen molar-refractivity contribution in [2.75, 3.05) is 7.05 Å². The van der Waals surface area contributed by atoms with Crippen molar-refractivity contribution in [1.82, 2.24) is 5.32 Å². The molecule has 2 aromatic carbocycles. The molecular formula is C19H25NO. The van der Waals surface area contributed by atoms with Gasteiger partial charge in [-0.2, -0.15) is 0 Å². The molecule has 0 heterocycles. The van der Waals surface area contributed by atoms with Crippen molar-refractivity contribution in [2.24, 2.45) is 0 Å². The quantitative estimate of drug-likeness (QED) is 0.803. The lowest BCUT2D eigenvalue weighted by atomic mass is 9.98. The lowest BCUT2D eigenvalue weighted by molar-refractivity contribution is 0.466. The van der Waals surface area contributed by atoms with Gasteiger partial charge in [0, 0.05) is 6.54 Å². The summed E-state index contributed by atoms with van der Waals surface area (Å²) in [5.41, 5.74) is 3.67. The summed E-state index contributed by atoms with van der Waals surface area (Å²) >= 11 is 0. The summed E-state index contributed by atoms with van der Waals surface area (Å²) in [6, 6.07) is 14.7. The van der Waals surface area contributed by atoms with E-state index >= 15 is 0 Å². The van der Waals surface area contributed by atoms with Crippen molar-refractivity contribution in [2.45, 2.75) is 39.7 Å². The van der Waals surface area contributed by atoms with Crippen LogP contribution in [0.5, 0.6) is 11.5 Å². The largest absolute Gasteiger partial charge is 0.457 e. The summed E-state index contributed by atoms with van der Waals surface area (Å²) in [7, 11) is 1.96. The highest BCUT2D eigenvalue weighted by Gasteiger charge is 2.11. The highest BCUT2D eigenvalue weighted by molar-refractivity contribution is 5.43. The smallest absolute Gasteiger partial charge is 0.130 e. The Morgan fingerprint density at radius 3 is 2.57 bits per heavy atom. The van der Waals surface area contributed by atoms with Crippen molar-refractivity contribution in [3.8, 4) is 11.5 Å². The number of nitrogens with one attached hydrogen (secondary N) is 1. The molecule has 0 saturated heterocycles. The maximum absolute atomic E-state index is 6.22. The van der Waals surface area contributed by atoms with Gasteiger partial charge in [0.15, 0.2) is 0 Å². The lowest BCUT2D eigenvalue weighted by Gasteiger charge is -2.17. The monoisotopic (exact) mass is 283 g/mol. The second-order valence-corrected chi connectivity index (χ2v) is 5.58. The van der Waals surface area contributed by atoms with E-state index in [1.54, 1.807) is 0 Å². The molecule has 1 N–H and O–H groups in total. The molecule has 0 saturated carbocycles. The van der Waals surface area contributed by atoms with Crippen LogP contribution in [0.4, 0.5) is 0 Å². The molecule has 0 radical (unpaired) electrons. The van der Waals surface area contributed by atoms with Crippen molar-refractivity contribution in [3.05, 3.63) is 59.2 Å². The maximum atomic E-state index is 6.22. The van der Waals surface area contributed by atoms with E-state index in [-0.39, 0.29) is 0 Å². The highest BCUT2D eigenvalue weighted by Crippen LogP contribution is 2.33. The zero-order valence-electron chi connectivity index (χ0n) is 13.4. The molecule has 112 valence electrons. The van der Waals surface area contributed by atoms with Crippen LogP contribution in [-0.4, -0.2) is 7.05 Å². The highest BCUT2D eigenvalue weighted by atomic mass is 16.5. The predicted molar refractivity (Wildman–Crippen MR) is 89.2 cm³/mol. The van der Waals surface area contributed by atoms with Crippen molar-refractivity contribution < 1.29 is 4.74 Å². The summed E-state index contributed by atoms with van der Waals surface area (Å²) in [6.07, 6.45) is 1.11. The Hall–Kier alpha value is -1.80. The molecule has 0 aliphatic carbocycles. The van der Waals surface area contributed by atoms with Crippen LogP contribution in [0.15, 0.2) is 42.5 Å². The van der Waals surface area contributed by atoms with E-state index in [4.69, 9.17) is 4.74 Å². The van der Waals surface area contributed by atoms with Crippen molar-refractivity contribution in [3.63, 3.8) is 0 Å². The number of para-hydroxylation sites is 1. The van der Waals surface area contributed by atoms with Gasteiger partial charge < -0.3 is 10.1 Å². The minimum Gasteiger partial charge on any atom is -0.457 e. The molecule has 2 nitrogen and oxygen atoms in total. The molecule has 0 aliphatic rings. The van der Waals surface area contributed by atoms with Gasteiger partial charge in [0.1, 0.15) is 11.5 Å². The molecule has 0 aromatic heterocycles. The van der Waals surface area contributed by atoms with Crippen LogP contribution in [0.1, 0.15) is 42.9 Å². The Bertz CT molecular complexity index is 592. The van der Waals surface area contributed by atoms with Gasteiger partial charge in [-0.1, -0.05) is 44.2 Å². The summed E-state index contributed by atoms with van der Waals surface area (Å²) in [5, 5.41) is 3.18. The number of hydrogen-bond donors (Lipinski definition) is 1. The average molecular weight is 283 g/mol. The fourth-order valence-electron chi connectivity index (χ4n) is 2.39. The normalized spacial score (nSPS) is 12.2. The number of aryl methyl sites for hydroxylation is 1. The minimum atomic E-state index is 0.502. The molecule has 1 unspecified atom stereocenters. The Morgan fingerprint density at radius 1 is 1.10 bits per heavy atom. The summed E-state index contributed by atoms with van der Waals surface area (Å²) in [5.74, 6) is 2.41. The van der Waals surface area contributed by atoms with Crippen molar-refractivity contribution in [1.29, 1.82) is 0 Å². The Labute approximate surface area is 128 Å². The second kappa shape index (κ2) is 7.28. The standard InChI is InChI=1S/C19H25NO/c1-5-14(2)17-8-6-7-9-18(17)21-19-12-16(13-20-4)11-10-15(19)3/h6-12,14,20H,5,13H2,1-4H3. The van der Waals surface area contributed by atoms with Crippen LogP contribution in [0.2, 0.25) is 0 Å². The number of benzene rings is 2. The molecule has 0 amide bonds. The third kappa shape index (κ3) is 3.85. The first-order valence-electron chi connectivity index (χ1n) is 7.66. The second-order valence-electron chi connectivity index (χ2n) is 5.58. The number of ether oxygens (including phenoxy) is 1. The van der Waals surface area contributed by atoms with Crippen LogP contribution in [-0.2, 0) is 6.54 Å². The Morgan fingerprint density at radius 2 is 1.86 bits per heavy atom.